The van der Waals surface area contributed by atoms with E-state index in [0.29, 0.717) is 6.54 Å². The second-order valence-corrected chi connectivity index (χ2v) is 6.74. The quantitative estimate of drug-likeness (QED) is 0.697. The second kappa shape index (κ2) is 8.34. The molecule has 1 amide bonds. The maximum absolute atomic E-state index is 13.1. The van der Waals surface area contributed by atoms with Gasteiger partial charge >= 0.3 is 0 Å². The van der Waals surface area contributed by atoms with Gasteiger partial charge in [-0.15, -0.1) is 0 Å². The molecule has 25 heavy (non-hydrogen) atoms. The van der Waals surface area contributed by atoms with E-state index in [4.69, 9.17) is 4.42 Å². The predicted octanol–water partition coefficient (Wildman–Crippen LogP) is 3.75. The molecule has 4 heteroatoms. The van der Waals surface area contributed by atoms with Crippen molar-refractivity contribution in [1.82, 2.24) is 9.80 Å². The summed E-state index contributed by atoms with van der Waals surface area (Å²) < 4.78 is 5.49. The number of carbonyl (C=O) groups excluding carboxylic acids is 1. The van der Waals surface area contributed by atoms with Crippen molar-refractivity contribution >= 4 is 5.91 Å². The van der Waals surface area contributed by atoms with E-state index in [2.05, 4.69) is 30.9 Å². The molecule has 0 aliphatic heterocycles. The zero-order chi connectivity index (χ0) is 17.6. The lowest BCUT2D eigenvalue weighted by Crippen LogP contribution is -2.39. The van der Waals surface area contributed by atoms with Gasteiger partial charge in [-0.1, -0.05) is 44.2 Å². The fourth-order valence-electron chi connectivity index (χ4n) is 3.39. The number of benzene rings is 1. The van der Waals surface area contributed by atoms with Crippen LogP contribution in [0.1, 0.15) is 37.5 Å². The van der Waals surface area contributed by atoms with Crippen LogP contribution in [0.15, 0.2) is 53.1 Å². The van der Waals surface area contributed by atoms with Gasteiger partial charge in [-0.05, 0) is 37.2 Å². The Bertz CT molecular complexity index is 650. The number of likely N-dealkylation sites (N-methyl/N-ethyl adjacent to an activating group) is 1. The van der Waals surface area contributed by atoms with Gasteiger partial charge in [-0.3, -0.25) is 4.79 Å². The molecule has 134 valence electrons. The molecular weight excluding hydrogens is 312 g/mol. The minimum absolute atomic E-state index is 0.0755. The van der Waals surface area contributed by atoms with Crippen LogP contribution < -0.4 is 0 Å². The summed E-state index contributed by atoms with van der Waals surface area (Å²) in [5, 5.41) is 0. The first-order valence-corrected chi connectivity index (χ1v) is 9.31. The molecular formula is C21H28N2O2. The van der Waals surface area contributed by atoms with Crippen molar-refractivity contribution in [2.24, 2.45) is 5.92 Å². The van der Waals surface area contributed by atoms with E-state index in [-0.39, 0.29) is 17.7 Å². The Morgan fingerprint density at radius 1 is 1.08 bits per heavy atom. The number of hydrogen-bond donors (Lipinski definition) is 0. The highest BCUT2D eigenvalue weighted by Crippen LogP contribution is 2.48. The molecule has 1 aliphatic carbocycles. The van der Waals surface area contributed by atoms with E-state index in [0.717, 1.165) is 38.4 Å². The largest absolute Gasteiger partial charge is 0.469 e. The third-order valence-corrected chi connectivity index (χ3v) is 5.12. The van der Waals surface area contributed by atoms with Crippen molar-refractivity contribution in [2.45, 2.75) is 32.7 Å². The monoisotopic (exact) mass is 340 g/mol. The number of rotatable bonds is 9. The van der Waals surface area contributed by atoms with Crippen molar-refractivity contribution in [3.63, 3.8) is 0 Å². The third-order valence-electron chi connectivity index (χ3n) is 5.12. The lowest BCUT2D eigenvalue weighted by atomic mass is 10.2. The van der Waals surface area contributed by atoms with E-state index in [9.17, 15) is 4.79 Å². The van der Waals surface area contributed by atoms with Crippen LogP contribution >= 0.6 is 0 Å². The fourth-order valence-corrected chi connectivity index (χ4v) is 3.39. The SMILES string of the molecule is CCN(CC)CCN(Cc1ccccc1)C(=O)[C@@H]1C[C@H]1c1ccco1. The standard InChI is InChI=1S/C21H28N2O2/c1-3-22(4-2)12-13-23(16-17-9-6-5-7-10-17)21(24)19-15-18(19)20-11-8-14-25-20/h5-11,14,18-19H,3-4,12-13,15-16H2,1-2H3/t18-,19-/m1/s1. The first kappa shape index (κ1) is 17.7. The summed E-state index contributed by atoms with van der Waals surface area (Å²) in [5.74, 6) is 1.54. The third kappa shape index (κ3) is 4.51. The molecule has 2 aromatic rings. The van der Waals surface area contributed by atoms with Gasteiger partial charge in [-0.25, -0.2) is 0 Å². The Balaban J connectivity index is 1.66. The fraction of sp³-hybridized carbons (Fsp3) is 0.476. The van der Waals surface area contributed by atoms with Crippen LogP contribution in [0.2, 0.25) is 0 Å². The van der Waals surface area contributed by atoms with Crippen LogP contribution in [0.25, 0.3) is 0 Å². The number of furan rings is 1. The Labute approximate surface area is 150 Å². The highest BCUT2D eigenvalue weighted by molar-refractivity contribution is 5.82. The smallest absolute Gasteiger partial charge is 0.226 e. The number of carbonyl (C=O) groups is 1. The zero-order valence-corrected chi connectivity index (χ0v) is 15.2. The van der Waals surface area contributed by atoms with Crippen molar-refractivity contribution in [3.05, 3.63) is 60.1 Å². The van der Waals surface area contributed by atoms with Crippen LogP contribution in [0.4, 0.5) is 0 Å². The van der Waals surface area contributed by atoms with Gasteiger partial charge in [0.05, 0.1) is 6.26 Å². The van der Waals surface area contributed by atoms with Crippen LogP contribution in [0, 0.1) is 5.92 Å². The highest BCUT2D eigenvalue weighted by atomic mass is 16.3. The van der Waals surface area contributed by atoms with E-state index >= 15 is 0 Å². The molecule has 1 heterocycles. The molecule has 4 nitrogen and oxygen atoms in total. The summed E-state index contributed by atoms with van der Waals surface area (Å²) >= 11 is 0. The normalized spacial score (nSPS) is 19.2. The number of hydrogen-bond acceptors (Lipinski definition) is 3. The molecule has 1 aromatic carbocycles. The molecule has 0 saturated heterocycles. The van der Waals surface area contributed by atoms with E-state index in [1.54, 1.807) is 6.26 Å². The average Bonchev–Trinajstić information content (AvgIpc) is 3.26. The molecule has 0 N–H and O–H groups in total. The summed E-state index contributed by atoms with van der Waals surface area (Å²) in [6.45, 7) is 8.74. The Kier molecular flexibility index (Phi) is 5.92. The maximum atomic E-state index is 13.1. The Morgan fingerprint density at radius 2 is 1.84 bits per heavy atom. The molecule has 3 rings (SSSR count). The van der Waals surface area contributed by atoms with Crippen LogP contribution in [0.5, 0.6) is 0 Å². The Morgan fingerprint density at radius 3 is 2.48 bits per heavy atom. The molecule has 0 spiro atoms. The predicted molar refractivity (Wildman–Crippen MR) is 99.2 cm³/mol. The van der Waals surface area contributed by atoms with E-state index < -0.39 is 0 Å². The van der Waals surface area contributed by atoms with Gasteiger partial charge in [0.25, 0.3) is 0 Å². The van der Waals surface area contributed by atoms with E-state index in [1.165, 1.54) is 5.56 Å². The molecule has 1 aliphatic rings. The number of nitrogens with zero attached hydrogens (tertiary/aromatic N) is 2. The van der Waals surface area contributed by atoms with Gasteiger partial charge in [0, 0.05) is 31.5 Å². The first-order chi connectivity index (χ1) is 12.2. The van der Waals surface area contributed by atoms with Gasteiger partial charge in [0.15, 0.2) is 0 Å². The summed E-state index contributed by atoms with van der Waals surface area (Å²) in [6.07, 6.45) is 2.60. The van der Waals surface area contributed by atoms with Gasteiger partial charge < -0.3 is 14.2 Å². The molecule has 0 radical (unpaired) electrons. The molecule has 2 atom stereocenters. The van der Waals surface area contributed by atoms with Crippen LogP contribution in [-0.2, 0) is 11.3 Å². The molecule has 0 bridgehead atoms. The van der Waals surface area contributed by atoms with E-state index in [1.807, 2.05) is 35.2 Å². The first-order valence-electron chi connectivity index (χ1n) is 9.31. The molecule has 1 aromatic heterocycles. The summed E-state index contributed by atoms with van der Waals surface area (Å²) in [4.78, 5) is 17.5. The van der Waals surface area contributed by atoms with Gasteiger partial charge in [-0.2, -0.15) is 0 Å². The van der Waals surface area contributed by atoms with Crippen molar-refractivity contribution in [1.29, 1.82) is 0 Å². The lowest BCUT2D eigenvalue weighted by molar-refractivity contribution is -0.133. The highest BCUT2D eigenvalue weighted by Gasteiger charge is 2.47. The summed E-state index contributed by atoms with van der Waals surface area (Å²) in [5.41, 5.74) is 1.19. The Hall–Kier alpha value is -2.07. The summed E-state index contributed by atoms with van der Waals surface area (Å²) in [7, 11) is 0. The minimum atomic E-state index is 0.0755. The van der Waals surface area contributed by atoms with Crippen molar-refractivity contribution in [2.75, 3.05) is 26.2 Å². The van der Waals surface area contributed by atoms with Crippen molar-refractivity contribution in [3.8, 4) is 0 Å². The number of amides is 1. The van der Waals surface area contributed by atoms with Crippen LogP contribution in [0.3, 0.4) is 0 Å². The minimum Gasteiger partial charge on any atom is -0.469 e. The molecule has 0 unspecified atom stereocenters. The summed E-state index contributed by atoms with van der Waals surface area (Å²) in [6, 6.07) is 14.1. The molecule has 1 saturated carbocycles. The lowest BCUT2D eigenvalue weighted by Gasteiger charge is -2.27. The van der Waals surface area contributed by atoms with Gasteiger partial charge in [0.1, 0.15) is 5.76 Å². The zero-order valence-electron chi connectivity index (χ0n) is 15.2. The maximum Gasteiger partial charge on any atom is 0.226 e. The average molecular weight is 340 g/mol. The molecule has 1 fully saturated rings. The van der Waals surface area contributed by atoms with Crippen LogP contribution in [-0.4, -0.2) is 41.9 Å². The van der Waals surface area contributed by atoms with Crippen molar-refractivity contribution < 1.29 is 9.21 Å². The van der Waals surface area contributed by atoms with Gasteiger partial charge in [0.2, 0.25) is 5.91 Å². The topological polar surface area (TPSA) is 36.7 Å². The second-order valence-electron chi connectivity index (χ2n) is 6.74.